The van der Waals surface area contributed by atoms with Crippen LogP contribution in [0.2, 0.25) is 0 Å². The molecule has 6 heteroatoms. The Bertz CT molecular complexity index is 293. The number of nitrogens with zero attached hydrogens (tertiary/aromatic N) is 1. The third kappa shape index (κ3) is 4.32. The van der Waals surface area contributed by atoms with Gasteiger partial charge in [0.05, 0.1) is 6.54 Å². The second kappa shape index (κ2) is 7.07. The van der Waals surface area contributed by atoms with E-state index in [1.165, 1.54) is 24.2 Å². The normalized spacial score (nSPS) is 27.8. The fraction of sp³-hybridized carbons (Fsp3) is 1.00. The second-order valence-electron chi connectivity index (χ2n) is 6.11. The standard InChI is InChI=1S/C14H24F4N2/c15-13(16)14(17,18)10-20-8-4-7-19-12(9-20)11-5-2-1-3-6-11/h11-13,19H,1-10H2. The number of halogens is 4. The molecule has 0 spiro atoms. The molecule has 2 aliphatic rings. The highest BCUT2D eigenvalue weighted by Gasteiger charge is 2.43. The number of hydrogen-bond acceptors (Lipinski definition) is 2. The highest BCUT2D eigenvalue weighted by Crippen LogP contribution is 2.29. The second-order valence-corrected chi connectivity index (χ2v) is 6.11. The van der Waals surface area contributed by atoms with Crippen LogP contribution in [0.5, 0.6) is 0 Å². The van der Waals surface area contributed by atoms with Gasteiger partial charge in [0.2, 0.25) is 0 Å². The van der Waals surface area contributed by atoms with Gasteiger partial charge < -0.3 is 5.32 Å². The average molecular weight is 296 g/mol. The van der Waals surface area contributed by atoms with Gasteiger partial charge in [-0.25, -0.2) is 8.78 Å². The zero-order valence-corrected chi connectivity index (χ0v) is 11.8. The van der Waals surface area contributed by atoms with Gasteiger partial charge in [-0.05, 0) is 38.3 Å². The van der Waals surface area contributed by atoms with Crippen molar-refractivity contribution < 1.29 is 17.6 Å². The zero-order valence-electron chi connectivity index (χ0n) is 11.8. The van der Waals surface area contributed by atoms with Crippen molar-refractivity contribution in [1.29, 1.82) is 0 Å². The van der Waals surface area contributed by atoms with Crippen LogP contribution in [0, 0.1) is 5.92 Å². The first kappa shape index (κ1) is 16.0. The highest BCUT2D eigenvalue weighted by atomic mass is 19.3. The van der Waals surface area contributed by atoms with Crippen LogP contribution in [0.15, 0.2) is 0 Å². The molecule has 1 atom stereocenters. The molecule has 1 N–H and O–H groups in total. The first-order chi connectivity index (χ1) is 9.49. The summed E-state index contributed by atoms with van der Waals surface area (Å²) in [5.74, 6) is -3.40. The molecule has 1 unspecified atom stereocenters. The summed E-state index contributed by atoms with van der Waals surface area (Å²) < 4.78 is 51.1. The highest BCUT2D eigenvalue weighted by molar-refractivity contribution is 4.86. The SMILES string of the molecule is FC(F)C(F)(F)CN1CCCNC(C2CCCCC2)C1. The number of nitrogens with one attached hydrogen (secondary N) is 1. The molecule has 2 fully saturated rings. The summed E-state index contributed by atoms with van der Waals surface area (Å²) in [6.07, 6.45) is 3.03. The average Bonchev–Trinajstić information content (AvgIpc) is 2.64. The van der Waals surface area contributed by atoms with Crippen LogP contribution in [0.1, 0.15) is 38.5 Å². The fourth-order valence-electron chi connectivity index (χ4n) is 3.39. The molecule has 118 valence electrons. The van der Waals surface area contributed by atoms with Crippen molar-refractivity contribution >= 4 is 0 Å². The molecule has 2 nitrogen and oxygen atoms in total. The summed E-state index contributed by atoms with van der Waals surface area (Å²) in [6, 6.07) is 0.172. The molecule has 0 aromatic carbocycles. The Kier molecular flexibility index (Phi) is 5.66. The van der Waals surface area contributed by atoms with Crippen LogP contribution in [0.4, 0.5) is 17.6 Å². The van der Waals surface area contributed by atoms with Crippen molar-refractivity contribution in [2.75, 3.05) is 26.2 Å². The number of hydrogen-bond donors (Lipinski definition) is 1. The zero-order chi connectivity index (χ0) is 14.6. The molecule has 1 heterocycles. The first-order valence-corrected chi connectivity index (χ1v) is 7.61. The van der Waals surface area contributed by atoms with E-state index in [-0.39, 0.29) is 6.04 Å². The van der Waals surface area contributed by atoms with Gasteiger partial charge >= 0.3 is 12.3 Å². The van der Waals surface area contributed by atoms with Crippen molar-refractivity contribution in [1.82, 2.24) is 10.2 Å². The van der Waals surface area contributed by atoms with Gasteiger partial charge in [0.15, 0.2) is 0 Å². The van der Waals surface area contributed by atoms with Crippen molar-refractivity contribution in [2.45, 2.75) is 56.9 Å². The van der Waals surface area contributed by atoms with Crippen LogP contribution >= 0.6 is 0 Å². The smallest absolute Gasteiger partial charge is 0.312 e. The maximum Gasteiger partial charge on any atom is 0.319 e. The predicted molar refractivity (Wildman–Crippen MR) is 70.4 cm³/mol. The van der Waals surface area contributed by atoms with E-state index in [4.69, 9.17) is 0 Å². The van der Waals surface area contributed by atoms with Crippen molar-refractivity contribution in [3.63, 3.8) is 0 Å². The van der Waals surface area contributed by atoms with E-state index in [2.05, 4.69) is 5.32 Å². The summed E-state index contributed by atoms with van der Waals surface area (Å²) in [5.41, 5.74) is 0. The molecule has 1 saturated carbocycles. The van der Waals surface area contributed by atoms with Crippen LogP contribution in [0.3, 0.4) is 0 Å². The van der Waals surface area contributed by atoms with Gasteiger partial charge in [-0.1, -0.05) is 19.3 Å². The number of rotatable bonds is 4. The minimum absolute atomic E-state index is 0.172. The molecule has 1 aliphatic carbocycles. The van der Waals surface area contributed by atoms with Gasteiger partial charge in [0.1, 0.15) is 0 Å². The lowest BCUT2D eigenvalue weighted by Crippen LogP contribution is -2.48. The number of alkyl halides is 4. The van der Waals surface area contributed by atoms with Crippen molar-refractivity contribution in [3.05, 3.63) is 0 Å². The lowest BCUT2D eigenvalue weighted by molar-refractivity contribution is -0.142. The van der Waals surface area contributed by atoms with E-state index < -0.39 is 18.9 Å². The minimum atomic E-state index is -3.90. The van der Waals surface area contributed by atoms with Gasteiger partial charge in [0.25, 0.3) is 0 Å². The lowest BCUT2D eigenvalue weighted by Gasteiger charge is -2.33. The minimum Gasteiger partial charge on any atom is -0.312 e. The van der Waals surface area contributed by atoms with Gasteiger partial charge in [-0.3, -0.25) is 4.90 Å². The molecule has 0 radical (unpaired) electrons. The molecule has 1 aliphatic heterocycles. The lowest BCUT2D eigenvalue weighted by atomic mass is 9.83. The maximum absolute atomic E-state index is 13.2. The Hall–Kier alpha value is -0.360. The summed E-state index contributed by atoms with van der Waals surface area (Å²) in [7, 11) is 0. The molecule has 0 amide bonds. The summed E-state index contributed by atoms with van der Waals surface area (Å²) in [4.78, 5) is 1.52. The molecule has 2 rings (SSSR count). The van der Waals surface area contributed by atoms with E-state index >= 15 is 0 Å². The Labute approximate surface area is 117 Å². The Morgan fingerprint density at radius 3 is 2.45 bits per heavy atom. The van der Waals surface area contributed by atoms with Crippen LogP contribution in [-0.2, 0) is 0 Å². The summed E-state index contributed by atoms with van der Waals surface area (Å²) in [6.45, 7) is 0.902. The van der Waals surface area contributed by atoms with E-state index in [0.29, 0.717) is 19.0 Å². The van der Waals surface area contributed by atoms with Crippen LogP contribution in [-0.4, -0.2) is 49.5 Å². The first-order valence-electron chi connectivity index (χ1n) is 7.61. The van der Waals surface area contributed by atoms with E-state index in [1.54, 1.807) is 0 Å². The maximum atomic E-state index is 13.2. The van der Waals surface area contributed by atoms with Gasteiger partial charge in [-0.15, -0.1) is 0 Å². The Balaban J connectivity index is 1.92. The Morgan fingerprint density at radius 2 is 1.80 bits per heavy atom. The Morgan fingerprint density at radius 1 is 1.10 bits per heavy atom. The third-order valence-electron chi connectivity index (χ3n) is 4.49. The van der Waals surface area contributed by atoms with Crippen LogP contribution < -0.4 is 5.32 Å². The summed E-state index contributed by atoms with van der Waals surface area (Å²) in [5, 5.41) is 3.42. The fourth-order valence-corrected chi connectivity index (χ4v) is 3.39. The largest absolute Gasteiger partial charge is 0.319 e. The van der Waals surface area contributed by atoms with E-state index in [9.17, 15) is 17.6 Å². The topological polar surface area (TPSA) is 15.3 Å². The summed E-state index contributed by atoms with van der Waals surface area (Å²) >= 11 is 0. The molecule has 0 bridgehead atoms. The molecule has 0 aromatic rings. The van der Waals surface area contributed by atoms with Crippen LogP contribution in [0.25, 0.3) is 0 Å². The molecular weight excluding hydrogens is 272 g/mol. The van der Waals surface area contributed by atoms with Crippen molar-refractivity contribution in [2.24, 2.45) is 5.92 Å². The quantitative estimate of drug-likeness (QED) is 0.802. The molecular formula is C14H24F4N2. The molecule has 0 aromatic heterocycles. The monoisotopic (exact) mass is 296 g/mol. The van der Waals surface area contributed by atoms with E-state index in [0.717, 1.165) is 25.8 Å². The third-order valence-corrected chi connectivity index (χ3v) is 4.49. The van der Waals surface area contributed by atoms with Crippen molar-refractivity contribution in [3.8, 4) is 0 Å². The molecule has 20 heavy (non-hydrogen) atoms. The van der Waals surface area contributed by atoms with E-state index in [1.807, 2.05) is 0 Å². The predicted octanol–water partition coefficient (Wildman–Crippen LogP) is 3.13. The van der Waals surface area contributed by atoms with Gasteiger partial charge in [-0.2, -0.15) is 8.78 Å². The molecule has 1 saturated heterocycles. The van der Waals surface area contributed by atoms with Gasteiger partial charge in [0, 0.05) is 12.6 Å².